The molecule has 0 unspecified atom stereocenters. The minimum absolute atomic E-state index is 0.155. The van der Waals surface area contributed by atoms with E-state index in [1.807, 2.05) is 13.1 Å². The molecule has 3 nitrogen and oxygen atoms in total. The number of nitrogens with zero attached hydrogens (tertiary/aromatic N) is 1. The molecule has 114 valence electrons. The molecule has 0 spiro atoms. The molecule has 1 heterocycles. The number of hydrogen-bond donors (Lipinski definition) is 1. The second-order valence-electron chi connectivity index (χ2n) is 7.61. The fourth-order valence-corrected chi connectivity index (χ4v) is 7.65. The van der Waals surface area contributed by atoms with Gasteiger partial charge in [-0.25, -0.2) is 4.98 Å². The van der Waals surface area contributed by atoms with Crippen LogP contribution < -0.4 is 5.32 Å². The summed E-state index contributed by atoms with van der Waals surface area (Å²) in [7, 11) is 0. The van der Waals surface area contributed by atoms with Crippen LogP contribution in [0.3, 0.4) is 0 Å². The Kier molecular flexibility index (Phi) is 3.23. The van der Waals surface area contributed by atoms with E-state index in [9.17, 15) is 4.79 Å². The predicted octanol–water partition coefficient (Wildman–Crippen LogP) is 4.51. The van der Waals surface area contributed by atoms with Gasteiger partial charge in [0.1, 0.15) is 0 Å². The Hall–Kier alpha value is -0.420. The number of aryl methyl sites for hydroxylation is 1. The molecule has 0 aliphatic heterocycles. The van der Waals surface area contributed by atoms with E-state index in [4.69, 9.17) is 0 Å². The third-order valence-corrected chi connectivity index (χ3v) is 7.27. The zero-order chi connectivity index (χ0) is 14.7. The number of thiazole rings is 1. The van der Waals surface area contributed by atoms with E-state index in [2.05, 4.69) is 26.2 Å². The summed E-state index contributed by atoms with van der Waals surface area (Å²) in [6.45, 7) is 2.01. The molecule has 5 rings (SSSR count). The molecule has 0 radical (unpaired) electrons. The van der Waals surface area contributed by atoms with Crippen LogP contribution in [0, 0.1) is 24.2 Å². The Bertz CT molecular complexity index is 571. The van der Waals surface area contributed by atoms with Crippen LogP contribution in [0.1, 0.15) is 49.8 Å². The maximum atomic E-state index is 12.5. The van der Waals surface area contributed by atoms with Gasteiger partial charge in [0.15, 0.2) is 5.13 Å². The molecule has 1 aromatic heterocycles. The van der Waals surface area contributed by atoms with Crippen molar-refractivity contribution in [2.24, 2.45) is 17.3 Å². The summed E-state index contributed by atoms with van der Waals surface area (Å²) in [5.74, 6) is 1.82. The van der Waals surface area contributed by atoms with E-state index < -0.39 is 0 Å². The van der Waals surface area contributed by atoms with Crippen molar-refractivity contribution in [1.29, 1.82) is 0 Å². The van der Waals surface area contributed by atoms with Gasteiger partial charge in [0.25, 0.3) is 0 Å². The molecule has 0 saturated heterocycles. The number of hydrogen-bond acceptors (Lipinski definition) is 3. The van der Waals surface area contributed by atoms with Crippen LogP contribution in [0.5, 0.6) is 0 Å². The Labute approximate surface area is 138 Å². The zero-order valence-corrected chi connectivity index (χ0v) is 14.7. The van der Waals surface area contributed by atoms with Gasteiger partial charge in [0.05, 0.1) is 0 Å². The topological polar surface area (TPSA) is 42.0 Å². The van der Waals surface area contributed by atoms with Crippen LogP contribution in [-0.4, -0.2) is 15.2 Å². The predicted molar refractivity (Wildman–Crippen MR) is 88.9 cm³/mol. The lowest BCUT2D eigenvalue weighted by molar-refractivity contribution is -0.123. The van der Waals surface area contributed by atoms with Crippen molar-refractivity contribution >= 4 is 38.3 Å². The Balaban J connectivity index is 1.47. The van der Waals surface area contributed by atoms with Gasteiger partial charge in [-0.15, -0.1) is 11.3 Å². The minimum Gasteiger partial charge on any atom is -0.302 e. The minimum atomic E-state index is 0.155. The molecule has 1 aromatic rings. The first-order valence-electron chi connectivity index (χ1n) is 7.85. The molecular weight excluding hydrogens is 348 g/mol. The highest BCUT2D eigenvalue weighted by atomic mass is 79.9. The third-order valence-electron chi connectivity index (χ3n) is 5.51. The Morgan fingerprint density at radius 3 is 2.71 bits per heavy atom. The number of rotatable bonds is 3. The summed E-state index contributed by atoms with van der Waals surface area (Å²) in [6, 6.07) is 0. The van der Waals surface area contributed by atoms with Gasteiger partial charge in [0, 0.05) is 21.8 Å². The summed E-state index contributed by atoms with van der Waals surface area (Å²) in [5.41, 5.74) is 0.240. The number of carbonyl (C=O) groups excluding carboxylic acids is 1. The standard InChI is InChI=1S/C16H21BrN2OS/c1-10-8-18-14(21-10)19-13(20)7-15-3-11-2-12(4-15)6-16(17,5-11)9-15/h8,11-12H,2-7,9H2,1H3,(H,18,19,20)/t11-,12-,15?,16?/m1/s1. The molecule has 5 heteroatoms. The largest absolute Gasteiger partial charge is 0.302 e. The molecule has 4 saturated carbocycles. The smallest absolute Gasteiger partial charge is 0.226 e. The molecular formula is C16H21BrN2OS. The van der Waals surface area contributed by atoms with E-state index in [0.717, 1.165) is 21.8 Å². The van der Waals surface area contributed by atoms with Gasteiger partial charge in [-0.3, -0.25) is 4.79 Å². The number of anilines is 1. The van der Waals surface area contributed by atoms with Crippen LogP contribution in [0.4, 0.5) is 5.13 Å². The molecule has 4 fully saturated rings. The number of aromatic nitrogens is 1. The first kappa shape index (κ1) is 14.2. The monoisotopic (exact) mass is 368 g/mol. The van der Waals surface area contributed by atoms with Crippen molar-refractivity contribution in [1.82, 2.24) is 4.98 Å². The highest BCUT2D eigenvalue weighted by molar-refractivity contribution is 9.10. The summed E-state index contributed by atoms with van der Waals surface area (Å²) in [4.78, 5) is 17.8. The number of carbonyl (C=O) groups is 1. The van der Waals surface area contributed by atoms with Gasteiger partial charge in [-0.1, -0.05) is 15.9 Å². The van der Waals surface area contributed by atoms with Crippen LogP contribution in [-0.2, 0) is 4.79 Å². The van der Waals surface area contributed by atoms with Gasteiger partial charge < -0.3 is 5.32 Å². The average Bonchev–Trinajstić information content (AvgIpc) is 2.69. The van der Waals surface area contributed by atoms with E-state index in [0.29, 0.717) is 10.7 Å². The summed E-state index contributed by atoms with van der Waals surface area (Å²) in [5, 5.41) is 3.75. The molecule has 0 aromatic carbocycles. The molecule has 21 heavy (non-hydrogen) atoms. The van der Waals surface area contributed by atoms with Gasteiger partial charge in [0.2, 0.25) is 5.91 Å². The first-order chi connectivity index (χ1) is 9.94. The van der Waals surface area contributed by atoms with E-state index >= 15 is 0 Å². The van der Waals surface area contributed by atoms with Gasteiger partial charge in [-0.2, -0.15) is 0 Å². The van der Waals surface area contributed by atoms with E-state index in [1.165, 1.54) is 38.5 Å². The normalized spacial score (nSPS) is 40.5. The molecule has 1 N–H and O–H groups in total. The maximum absolute atomic E-state index is 12.5. The summed E-state index contributed by atoms with van der Waals surface area (Å²) in [6.07, 6.45) is 10.2. The van der Waals surface area contributed by atoms with E-state index in [1.54, 1.807) is 11.3 Å². The third kappa shape index (κ3) is 2.67. The van der Waals surface area contributed by atoms with Crippen LogP contribution in [0.15, 0.2) is 6.20 Å². The Morgan fingerprint density at radius 2 is 2.14 bits per heavy atom. The van der Waals surface area contributed by atoms with E-state index in [-0.39, 0.29) is 11.3 Å². The van der Waals surface area contributed by atoms with Crippen molar-refractivity contribution in [3.8, 4) is 0 Å². The fourth-order valence-electron chi connectivity index (χ4n) is 5.46. The maximum Gasteiger partial charge on any atom is 0.226 e. The number of amides is 1. The quantitative estimate of drug-likeness (QED) is 0.797. The molecule has 2 atom stereocenters. The zero-order valence-electron chi connectivity index (χ0n) is 12.3. The first-order valence-corrected chi connectivity index (χ1v) is 9.46. The van der Waals surface area contributed by atoms with Crippen molar-refractivity contribution in [3.05, 3.63) is 11.1 Å². The van der Waals surface area contributed by atoms with Crippen LogP contribution in [0.25, 0.3) is 0 Å². The molecule has 4 aliphatic rings. The van der Waals surface area contributed by atoms with Crippen molar-refractivity contribution in [3.63, 3.8) is 0 Å². The highest BCUT2D eigenvalue weighted by Gasteiger charge is 2.57. The highest BCUT2D eigenvalue weighted by Crippen LogP contribution is 2.65. The van der Waals surface area contributed by atoms with Crippen molar-refractivity contribution in [2.45, 2.75) is 56.2 Å². The number of alkyl halides is 1. The van der Waals surface area contributed by atoms with Crippen molar-refractivity contribution in [2.75, 3.05) is 5.32 Å². The second kappa shape index (κ2) is 4.79. The fraction of sp³-hybridized carbons (Fsp3) is 0.750. The lowest BCUT2D eigenvalue weighted by atomic mass is 9.48. The number of nitrogens with one attached hydrogen (secondary N) is 1. The molecule has 4 aliphatic carbocycles. The Morgan fingerprint density at radius 1 is 1.43 bits per heavy atom. The SMILES string of the molecule is Cc1cnc(NC(=O)CC23C[C@H]4C[C@@H](CC(Br)(C4)C2)C3)s1. The molecule has 4 bridgehead atoms. The lowest BCUT2D eigenvalue weighted by Crippen LogP contribution is -2.53. The van der Waals surface area contributed by atoms with Crippen molar-refractivity contribution < 1.29 is 4.79 Å². The lowest BCUT2D eigenvalue weighted by Gasteiger charge is -2.60. The summed E-state index contributed by atoms with van der Waals surface area (Å²) < 4.78 is 0.329. The van der Waals surface area contributed by atoms with Crippen LogP contribution in [0.2, 0.25) is 0 Å². The van der Waals surface area contributed by atoms with Crippen LogP contribution >= 0.6 is 27.3 Å². The molecule has 1 amide bonds. The summed E-state index contributed by atoms with van der Waals surface area (Å²) >= 11 is 5.57. The van der Waals surface area contributed by atoms with Gasteiger partial charge in [-0.05, 0) is 62.7 Å². The number of halogens is 1. The second-order valence-corrected chi connectivity index (χ2v) is 10.5. The van der Waals surface area contributed by atoms with Gasteiger partial charge >= 0.3 is 0 Å². The average molecular weight is 369 g/mol.